The minimum Gasteiger partial charge on any atom is -0.433 e. The van der Waals surface area contributed by atoms with Crippen molar-refractivity contribution in [3.63, 3.8) is 0 Å². The molecule has 0 aliphatic rings. The Labute approximate surface area is 129 Å². The van der Waals surface area contributed by atoms with Crippen LogP contribution < -0.4 is 0 Å². The van der Waals surface area contributed by atoms with E-state index in [-0.39, 0.29) is 22.4 Å². The molecule has 0 aliphatic heterocycles. The fraction of sp³-hybridized carbons (Fsp3) is 0.500. The third-order valence-corrected chi connectivity index (χ3v) is 0. The topological polar surface area (TPSA) is 0 Å². The van der Waals surface area contributed by atoms with Crippen LogP contribution in [0.2, 0.25) is 0 Å². The Kier molecular flexibility index (Phi) is 35.7. The van der Waals surface area contributed by atoms with Gasteiger partial charge in [-0.15, -0.1) is 0 Å². The predicted octanol–water partition coefficient (Wildman–Crippen LogP) is 2.64. The van der Waals surface area contributed by atoms with E-state index in [1.807, 2.05) is 0 Å². The number of thiocarbonyl (C=S) groups is 3. The molecule has 0 aromatic rings. The van der Waals surface area contributed by atoms with E-state index in [2.05, 4.69) is 74.5 Å². The van der Waals surface area contributed by atoms with Crippen molar-refractivity contribution >= 4 is 87.1 Å². The maximum absolute atomic E-state index is 4.35. The molecule has 0 spiro atoms. The SMILES string of the molecule is CC(=S)[S-].CC(=S)[S-].CC(=S)[S-].[Au+3]. The van der Waals surface area contributed by atoms with Gasteiger partial charge in [0.15, 0.2) is 0 Å². The second-order valence-corrected chi connectivity index (χ2v) is 5.92. The van der Waals surface area contributed by atoms with Crippen LogP contribution in [-0.2, 0) is 60.3 Å². The van der Waals surface area contributed by atoms with Crippen molar-refractivity contribution in [2.45, 2.75) is 20.8 Å². The molecule has 0 aromatic carbocycles. The summed E-state index contributed by atoms with van der Waals surface area (Å²) in [5.74, 6) is 0. The number of hydrogen-bond donors (Lipinski definition) is 0. The van der Waals surface area contributed by atoms with Crippen LogP contribution in [0.5, 0.6) is 0 Å². The summed E-state index contributed by atoms with van der Waals surface area (Å²) in [5, 5.41) is 0. The second-order valence-electron chi connectivity index (χ2n) is 1.47. The van der Waals surface area contributed by atoms with Gasteiger partial charge in [-0.2, -0.15) is 12.6 Å². The van der Waals surface area contributed by atoms with Gasteiger partial charge in [-0.1, -0.05) is 20.8 Å². The van der Waals surface area contributed by atoms with Gasteiger partial charge in [-0.05, 0) is 0 Å². The number of hydrogen-bond acceptors (Lipinski definition) is 6. The molecule has 0 radical (unpaired) electrons. The maximum Gasteiger partial charge on any atom is 3.00 e. The largest absolute Gasteiger partial charge is 3.00 e. The van der Waals surface area contributed by atoms with Crippen molar-refractivity contribution in [3.8, 4) is 0 Å². The van der Waals surface area contributed by atoms with Crippen LogP contribution >= 0.6 is 36.7 Å². The van der Waals surface area contributed by atoms with Crippen LogP contribution in [-0.4, -0.2) is 12.6 Å². The van der Waals surface area contributed by atoms with Gasteiger partial charge >= 0.3 is 22.4 Å². The molecule has 0 saturated carbocycles. The molecule has 0 bridgehead atoms. The van der Waals surface area contributed by atoms with Gasteiger partial charge in [0.2, 0.25) is 0 Å². The van der Waals surface area contributed by atoms with E-state index in [1.165, 1.54) is 0 Å². The Bertz CT molecular complexity index is 115. The summed E-state index contributed by atoms with van der Waals surface area (Å²) in [4.78, 5) is 0. The summed E-state index contributed by atoms with van der Waals surface area (Å²) in [6.45, 7) is 5.14. The normalized spacial score (nSPS) is 5.77. The Morgan fingerprint density at radius 3 is 0.692 bits per heavy atom. The van der Waals surface area contributed by atoms with Gasteiger partial charge in [0.1, 0.15) is 0 Å². The molecule has 0 atom stereocenters. The minimum absolute atomic E-state index is 0. The molecular weight excluding hydrogens is 461 g/mol. The van der Waals surface area contributed by atoms with Crippen molar-refractivity contribution in [2.75, 3.05) is 0 Å². The smallest absolute Gasteiger partial charge is 0.433 e. The third kappa shape index (κ3) is 667. The summed E-state index contributed by atoms with van der Waals surface area (Å²) in [6.07, 6.45) is 0. The zero-order chi connectivity index (χ0) is 10.7. The van der Waals surface area contributed by atoms with Crippen LogP contribution in [0.1, 0.15) is 20.8 Å². The van der Waals surface area contributed by atoms with E-state index < -0.39 is 0 Å². The standard InChI is InChI=1S/3C2H4S2.Au/c3*1-2(3)4;/h3*1H3,(H,3,4);/q;;;+3/p-3. The Morgan fingerprint density at radius 1 is 0.692 bits per heavy atom. The summed E-state index contributed by atoms with van der Waals surface area (Å²) in [5.41, 5.74) is 0. The molecule has 80 valence electrons. The summed E-state index contributed by atoms with van der Waals surface area (Å²) in [6, 6.07) is 0. The monoisotopic (exact) mass is 470 g/mol. The van der Waals surface area contributed by atoms with Crippen LogP contribution in [0, 0.1) is 0 Å². The van der Waals surface area contributed by atoms with Gasteiger partial charge in [-0.3, -0.25) is 0 Å². The van der Waals surface area contributed by atoms with E-state index in [9.17, 15) is 0 Å². The molecule has 0 saturated heterocycles. The van der Waals surface area contributed by atoms with Gasteiger partial charge in [0.05, 0.1) is 0 Å². The van der Waals surface area contributed by atoms with E-state index in [1.54, 1.807) is 20.8 Å². The predicted molar refractivity (Wildman–Crippen MR) is 76.9 cm³/mol. The van der Waals surface area contributed by atoms with E-state index >= 15 is 0 Å². The molecule has 0 aliphatic carbocycles. The average molecular weight is 471 g/mol. The van der Waals surface area contributed by atoms with Gasteiger partial charge in [0, 0.05) is 0 Å². The van der Waals surface area contributed by atoms with Crippen molar-refractivity contribution in [3.05, 3.63) is 0 Å². The van der Waals surface area contributed by atoms with Gasteiger partial charge in [0.25, 0.3) is 0 Å². The van der Waals surface area contributed by atoms with E-state index in [4.69, 9.17) is 0 Å². The zero-order valence-corrected chi connectivity index (χ0v) is 14.3. The molecule has 0 fully saturated rings. The van der Waals surface area contributed by atoms with E-state index in [0.717, 1.165) is 0 Å². The Balaban J connectivity index is -0.0000000450. The second kappa shape index (κ2) is 19.3. The summed E-state index contributed by atoms with van der Waals surface area (Å²) in [7, 11) is 0. The number of rotatable bonds is 0. The van der Waals surface area contributed by atoms with E-state index in [0.29, 0.717) is 12.6 Å². The van der Waals surface area contributed by atoms with Crippen LogP contribution in [0.3, 0.4) is 0 Å². The average Bonchev–Trinajstić information content (AvgIpc) is 1.54. The molecule has 0 N–H and O–H groups in total. The summed E-state index contributed by atoms with van der Waals surface area (Å²) < 4.78 is 1.75. The Morgan fingerprint density at radius 2 is 0.692 bits per heavy atom. The molecule has 0 aromatic heterocycles. The molecule has 0 rings (SSSR count). The van der Waals surface area contributed by atoms with Crippen LogP contribution in [0.25, 0.3) is 0 Å². The van der Waals surface area contributed by atoms with Gasteiger partial charge < -0.3 is 74.5 Å². The first-order valence-electron chi connectivity index (χ1n) is 2.72. The fourth-order valence-corrected chi connectivity index (χ4v) is 0. The minimum atomic E-state index is 0. The third-order valence-electron chi connectivity index (χ3n) is 0. The molecule has 0 nitrogen and oxygen atoms in total. The summed E-state index contributed by atoms with van der Waals surface area (Å²) >= 11 is 26.1. The molecule has 7 heteroatoms. The first-order chi connectivity index (χ1) is 5.20. The fourth-order valence-electron chi connectivity index (χ4n) is 0. The van der Waals surface area contributed by atoms with Crippen molar-refractivity contribution in [1.29, 1.82) is 0 Å². The first kappa shape index (κ1) is 24.1. The zero-order valence-electron chi connectivity index (χ0n) is 7.25. The van der Waals surface area contributed by atoms with Crippen molar-refractivity contribution in [1.82, 2.24) is 0 Å². The Hall–Kier alpha value is 1.67. The van der Waals surface area contributed by atoms with Crippen LogP contribution in [0.4, 0.5) is 0 Å². The quantitative estimate of drug-likeness (QED) is 0.301. The molecule has 0 heterocycles. The molecule has 0 unspecified atom stereocenters. The molecular formula is C6H9AuS6. The van der Waals surface area contributed by atoms with Gasteiger partial charge in [-0.25, -0.2) is 0 Å². The van der Waals surface area contributed by atoms with Crippen molar-refractivity contribution in [2.24, 2.45) is 0 Å². The molecule has 13 heavy (non-hydrogen) atoms. The van der Waals surface area contributed by atoms with Crippen LogP contribution in [0.15, 0.2) is 0 Å². The first-order valence-corrected chi connectivity index (χ1v) is 5.17. The van der Waals surface area contributed by atoms with Crippen molar-refractivity contribution < 1.29 is 22.4 Å². The maximum atomic E-state index is 4.35. The molecule has 0 amide bonds.